The summed E-state index contributed by atoms with van der Waals surface area (Å²) in [6.07, 6.45) is -0.326. The summed E-state index contributed by atoms with van der Waals surface area (Å²) in [6.45, 7) is 0. The molecule has 1 atom stereocenters. The van der Waals surface area contributed by atoms with Crippen molar-refractivity contribution in [3.63, 3.8) is 0 Å². The Kier molecular flexibility index (Phi) is 5.14. The van der Waals surface area contributed by atoms with Gasteiger partial charge in [-0.1, -0.05) is 109 Å². The van der Waals surface area contributed by atoms with Crippen LogP contribution < -0.4 is 5.32 Å². The van der Waals surface area contributed by atoms with Gasteiger partial charge in [-0.2, -0.15) is 0 Å². The number of benzene rings is 5. The van der Waals surface area contributed by atoms with Crippen LogP contribution in [0.25, 0.3) is 33.1 Å². The second-order valence-electron chi connectivity index (χ2n) is 9.09. The Hall–Kier alpha value is -4.96. The van der Waals surface area contributed by atoms with Gasteiger partial charge in [-0.15, -0.1) is 0 Å². The lowest BCUT2D eigenvalue weighted by Crippen LogP contribution is -2.33. The second kappa shape index (κ2) is 8.92. The maximum absolute atomic E-state index is 6.29. The van der Waals surface area contributed by atoms with Gasteiger partial charge >= 0.3 is 0 Å². The summed E-state index contributed by atoms with van der Waals surface area (Å²) in [5.74, 6) is 1.51. The molecule has 1 unspecified atom stereocenters. The molecule has 0 amide bonds. The summed E-state index contributed by atoms with van der Waals surface area (Å²) < 4.78 is 6.29. The average Bonchev–Trinajstić information content (AvgIpc) is 3.36. The predicted molar refractivity (Wildman–Crippen MR) is 151 cm³/mol. The summed E-state index contributed by atoms with van der Waals surface area (Å²) in [6, 6.07) is 43.3. The largest absolute Gasteiger partial charge is 0.456 e. The lowest BCUT2D eigenvalue weighted by atomic mass is 9.99. The van der Waals surface area contributed by atoms with Crippen molar-refractivity contribution in [2.24, 2.45) is 9.98 Å². The molecule has 37 heavy (non-hydrogen) atoms. The number of aliphatic imine (C=N–C) groups is 2. The molecule has 0 aliphatic carbocycles. The summed E-state index contributed by atoms with van der Waals surface area (Å²) in [5, 5.41) is 5.75. The minimum absolute atomic E-state index is 0.326. The first-order valence-corrected chi connectivity index (χ1v) is 12.4. The van der Waals surface area contributed by atoms with E-state index in [2.05, 4.69) is 66.0 Å². The van der Waals surface area contributed by atoms with Gasteiger partial charge in [0, 0.05) is 27.5 Å². The van der Waals surface area contributed by atoms with Crippen molar-refractivity contribution >= 4 is 33.6 Å². The lowest BCUT2D eigenvalue weighted by Gasteiger charge is -2.24. The number of fused-ring (bicyclic) bond motifs is 3. The number of amidine groups is 2. The van der Waals surface area contributed by atoms with Crippen LogP contribution in [-0.2, 0) is 0 Å². The van der Waals surface area contributed by atoms with Gasteiger partial charge in [0.1, 0.15) is 23.2 Å². The molecule has 1 aromatic heterocycles. The average molecular weight is 478 g/mol. The van der Waals surface area contributed by atoms with E-state index < -0.39 is 0 Å². The predicted octanol–water partition coefficient (Wildman–Crippen LogP) is 7.75. The van der Waals surface area contributed by atoms with Crippen molar-refractivity contribution in [3.8, 4) is 11.1 Å². The van der Waals surface area contributed by atoms with Crippen molar-refractivity contribution in [1.82, 2.24) is 5.32 Å². The molecule has 6 aromatic rings. The highest BCUT2D eigenvalue weighted by molar-refractivity contribution is 6.14. The van der Waals surface area contributed by atoms with Crippen molar-refractivity contribution in [1.29, 1.82) is 0 Å². The van der Waals surface area contributed by atoms with Crippen molar-refractivity contribution in [2.45, 2.75) is 6.17 Å². The first-order valence-electron chi connectivity index (χ1n) is 12.4. The van der Waals surface area contributed by atoms with Gasteiger partial charge < -0.3 is 9.73 Å². The molecule has 7 rings (SSSR count). The van der Waals surface area contributed by atoms with Gasteiger partial charge in [0.2, 0.25) is 0 Å². The molecule has 2 heterocycles. The Balaban J connectivity index is 1.41. The van der Waals surface area contributed by atoms with Crippen LogP contribution in [0.1, 0.15) is 22.9 Å². The molecule has 0 saturated heterocycles. The van der Waals surface area contributed by atoms with Crippen LogP contribution in [0.2, 0.25) is 0 Å². The maximum Gasteiger partial charge on any atom is 0.159 e. The number of hydrogen-bond acceptors (Lipinski definition) is 4. The quantitative estimate of drug-likeness (QED) is 0.282. The Morgan fingerprint density at radius 2 is 1.24 bits per heavy atom. The number of nitrogens with one attached hydrogen (secondary N) is 1. The fourth-order valence-corrected chi connectivity index (χ4v) is 4.96. The molecule has 0 radical (unpaired) electrons. The normalized spacial score (nSPS) is 15.3. The van der Waals surface area contributed by atoms with E-state index in [1.807, 2.05) is 66.7 Å². The molecule has 4 heteroatoms. The monoisotopic (exact) mass is 477 g/mol. The fourth-order valence-electron chi connectivity index (χ4n) is 4.96. The highest BCUT2D eigenvalue weighted by Crippen LogP contribution is 2.37. The number of rotatable bonds is 4. The zero-order valence-corrected chi connectivity index (χ0v) is 20.0. The van der Waals surface area contributed by atoms with Gasteiger partial charge in [0.15, 0.2) is 5.84 Å². The Bertz CT molecular complexity index is 1790. The zero-order valence-electron chi connectivity index (χ0n) is 20.0. The van der Waals surface area contributed by atoms with Crippen molar-refractivity contribution in [2.75, 3.05) is 0 Å². The minimum Gasteiger partial charge on any atom is -0.456 e. The van der Waals surface area contributed by atoms with Crippen LogP contribution in [-0.4, -0.2) is 11.7 Å². The molecule has 1 aliphatic heterocycles. The molecule has 1 N–H and O–H groups in total. The standard InChI is InChI=1S/C33H23N3O/c1-4-11-22(12-5-1)25-19-20-28-27(21-25)30-26(17-10-18-29(30)37-28)33-35-31(23-13-6-2-7-14-23)34-32(36-33)24-15-8-3-9-16-24/h1-21,33H,(H,34,35,36). The van der Waals surface area contributed by atoms with E-state index in [4.69, 9.17) is 14.4 Å². The Labute approximate surface area is 214 Å². The molecule has 176 valence electrons. The van der Waals surface area contributed by atoms with Crippen LogP contribution in [0.15, 0.2) is 142 Å². The van der Waals surface area contributed by atoms with E-state index in [9.17, 15) is 0 Å². The molecular weight excluding hydrogens is 454 g/mol. The topological polar surface area (TPSA) is 49.9 Å². The van der Waals surface area contributed by atoms with E-state index in [-0.39, 0.29) is 6.17 Å². The molecule has 1 aliphatic rings. The third kappa shape index (κ3) is 3.89. The third-order valence-corrected chi connectivity index (χ3v) is 6.75. The van der Waals surface area contributed by atoms with E-state index in [1.54, 1.807) is 0 Å². The smallest absolute Gasteiger partial charge is 0.159 e. The summed E-state index contributed by atoms with van der Waals surface area (Å²) in [7, 11) is 0. The van der Waals surface area contributed by atoms with Crippen molar-refractivity contribution < 1.29 is 4.42 Å². The maximum atomic E-state index is 6.29. The number of furan rings is 1. The van der Waals surface area contributed by atoms with E-state index >= 15 is 0 Å². The highest BCUT2D eigenvalue weighted by Gasteiger charge is 2.24. The molecule has 0 bridgehead atoms. The molecule has 0 saturated carbocycles. The van der Waals surface area contributed by atoms with E-state index in [0.29, 0.717) is 5.84 Å². The summed E-state index contributed by atoms with van der Waals surface area (Å²) in [5.41, 5.74) is 7.10. The molecular formula is C33H23N3O. The lowest BCUT2D eigenvalue weighted by molar-refractivity contribution is 0.662. The van der Waals surface area contributed by atoms with Crippen molar-refractivity contribution in [3.05, 3.63) is 144 Å². The number of hydrogen-bond donors (Lipinski definition) is 1. The molecule has 5 aromatic carbocycles. The highest BCUT2D eigenvalue weighted by atomic mass is 16.3. The third-order valence-electron chi connectivity index (χ3n) is 6.75. The molecule has 4 nitrogen and oxygen atoms in total. The second-order valence-corrected chi connectivity index (χ2v) is 9.09. The van der Waals surface area contributed by atoms with Gasteiger partial charge in [-0.3, -0.25) is 0 Å². The van der Waals surface area contributed by atoms with E-state index in [0.717, 1.165) is 50.0 Å². The van der Waals surface area contributed by atoms with Gasteiger partial charge in [0.05, 0.1) is 0 Å². The first-order chi connectivity index (χ1) is 18.3. The summed E-state index contributed by atoms with van der Waals surface area (Å²) >= 11 is 0. The van der Waals surface area contributed by atoms with E-state index in [1.165, 1.54) is 5.56 Å². The van der Waals surface area contributed by atoms with Gasteiger partial charge in [-0.25, -0.2) is 9.98 Å². The molecule has 0 fully saturated rings. The van der Waals surface area contributed by atoms with Crippen LogP contribution in [0, 0.1) is 0 Å². The SMILES string of the molecule is c1ccc(C2=NC(c3cccc4oc5ccc(-c6ccccc6)cc5c34)NC(c3ccccc3)=N2)cc1. The van der Waals surface area contributed by atoms with Crippen LogP contribution in [0.5, 0.6) is 0 Å². The first kappa shape index (κ1) is 21.3. The van der Waals surface area contributed by atoms with Gasteiger partial charge in [0.25, 0.3) is 0 Å². The van der Waals surface area contributed by atoms with Crippen LogP contribution in [0.3, 0.4) is 0 Å². The molecule has 0 spiro atoms. The van der Waals surface area contributed by atoms with Gasteiger partial charge in [-0.05, 0) is 29.3 Å². The van der Waals surface area contributed by atoms with Crippen LogP contribution >= 0.6 is 0 Å². The summed E-state index contributed by atoms with van der Waals surface area (Å²) in [4.78, 5) is 10.0. The minimum atomic E-state index is -0.326. The fraction of sp³-hybridized carbons (Fsp3) is 0.0303. The number of nitrogens with zero attached hydrogens (tertiary/aromatic N) is 2. The zero-order chi connectivity index (χ0) is 24.6. The Morgan fingerprint density at radius 3 is 1.97 bits per heavy atom. The Morgan fingerprint density at radius 1 is 0.568 bits per heavy atom. The van der Waals surface area contributed by atoms with Crippen LogP contribution in [0.4, 0.5) is 0 Å².